The molecule has 0 atom stereocenters. The van der Waals surface area contributed by atoms with Gasteiger partial charge in [-0.25, -0.2) is 0 Å². The van der Waals surface area contributed by atoms with E-state index in [0.29, 0.717) is 41.3 Å². The standard InChI is InChI=1S/C18H15NO5/c1-22-14-8-11(9-15-16(14)24-10-23-15)6-7-19-17(20)12-4-2-3-5-13(12)18(19)21/h2-5,8-9H,6-7,10H2,1H3. The quantitative estimate of drug-likeness (QED) is 0.807. The second kappa shape index (κ2) is 5.56. The number of hydrogen-bond donors (Lipinski definition) is 0. The first-order chi connectivity index (χ1) is 11.7. The molecule has 2 aromatic rings. The third-order valence-corrected chi connectivity index (χ3v) is 4.22. The van der Waals surface area contributed by atoms with Crippen molar-refractivity contribution in [3.05, 3.63) is 53.1 Å². The Balaban J connectivity index is 1.54. The molecule has 0 spiro atoms. The minimum absolute atomic E-state index is 0.160. The van der Waals surface area contributed by atoms with Crippen molar-refractivity contribution in [2.75, 3.05) is 20.4 Å². The molecular weight excluding hydrogens is 310 g/mol. The maximum atomic E-state index is 12.4. The van der Waals surface area contributed by atoms with Gasteiger partial charge in [-0.2, -0.15) is 0 Å². The van der Waals surface area contributed by atoms with E-state index in [1.807, 2.05) is 12.1 Å². The summed E-state index contributed by atoms with van der Waals surface area (Å²) < 4.78 is 16.1. The molecule has 122 valence electrons. The highest BCUT2D eigenvalue weighted by atomic mass is 16.7. The van der Waals surface area contributed by atoms with Gasteiger partial charge in [-0.3, -0.25) is 14.5 Å². The highest BCUT2D eigenvalue weighted by Crippen LogP contribution is 2.42. The van der Waals surface area contributed by atoms with Crippen molar-refractivity contribution in [3.63, 3.8) is 0 Å². The normalized spacial score (nSPS) is 15.0. The van der Waals surface area contributed by atoms with E-state index >= 15 is 0 Å². The second-order valence-electron chi connectivity index (χ2n) is 5.59. The molecule has 0 N–H and O–H groups in total. The number of nitrogens with zero attached hydrogens (tertiary/aromatic N) is 1. The molecule has 2 aromatic carbocycles. The average Bonchev–Trinajstić information content (AvgIpc) is 3.17. The molecule has 0 unspecified atom stereocenters. The van der Waals surface area contributed by atoms with E-state index in [1.165, 1.54) is 4.90 Å². The number of ether oxygens (including phenoxy) is 3. The first-order valence-electron chi connectivity index (χ1n) is 7.61. The molecule has 2 heterocycles. The third-order valence-electron chi connectivity index (χ3n) is 4.22. The number of imide groups is 1. The van der Waals surface area contributed by atoms with Crippen LogP contribution in [0, 0.1) is 0 Å². The first kappa shape index (κ1) is 14.6. The van der Waals surface area contributed by atoms with Crippen molar-refractivity contribution in [3.8, 4) is 17.2 Å². The van der Waals surface area contributed by atoms with Crippen LogP contribution in [0.4, 0.5) is 0 Å². The predicted octanol–water partition coefficient (Wildman–Crippen LogP) is 2.26. The van der Waals surface area contributed by atoms with Gasteiger partial charge in [0.2, 0.25) is 12.5 Å². The number of rotatable bonds is 4. The summed E-state index contributed by atoms with van der Waals surface area (Å²) in [6.07, 6.45) is 0.512. The summed E-state index contributed by atoms with van der Waals surface area (Å²) in [5.41, 5.74) is 1.84. The van der Waals surface area contributed by atoms with E-state index in [4.69, 9.17) is 14.2 Å². The molecule has 0 aliphatic carbocycles. The van der Waals surface area contributed by atoms with Crippen molar-refractivity contribution in [2.24, 2.45) is 0 Å². The van der Waals surface area contributed by atoms with Gasteiger partial charge in [0, 0.05) is 6.54 Å². The number of benzene rings is 2. The molecule has 0 saturated carbocycles. The molecule has 2 amide bonds. The summed E-state index contributed by atoms with van der Waals surface area (Å²) in [5, 5.41) is 0. The van der Waals surface area contributed by atoms with Gasteiger partial charge in [0.05, 0.1) is 18.2 Å². The van der Waals surface area contributed by atoms with Crippen LogP contribution in [0.25, 0.3) is 0 Å². The fourth-order valence-corrected chi connectivity index (χ4v) is 3.01. The number of methoxy groups -OCH3 is 1. The van der Waals surface area contributed by atoms with Crippen molar-refractivity contribution >= 4 is 11.8 Å². The van der Waals surface area contributed by atoms with Crippen molar-refractivity contribution in [1.82, 2.24) is 4.90 Å². The Kier molecular flexibility index (Phi) is 3.37. The molecule has 6 nitrogen and oxygen atoms in total. The number of hydrogen-bond acceptors (Lipinski definition) is 5. The van der Waals surface area contributed by atoms with Gasteiger partial charge in [0.1, 0.15) is 0 Å². The molecule has 0 saturated heterocycles. The van der Waals surface area contributed by atoms with Gasteiger partial charge in [-0.15, -0.1) is 0 Å². The lowest BCUT2D eigenvalue weighted by Crippen LogP contribution is -2.31. The Morgan fingerprint density at radius 2 is 1.79 bits per heavy atom. The largest absolute Gasteiger partial charge is 0.493 e. The average molecular weight is 325 g/mol. The van der Waals surface area contributed by atoms with Crippen molar-refractivity contribution in [1.29, 1.82) is 0 Å². The minimum Gasteiger partial charge on any atom is -0.493 e. The predicted molar refractivity (Wildman–Crippen MR) is 84.6 cm³/mol. The van der Waals surface area contributed by atoms with Crippen LogP contribution < -0.4 is 14.2 Å². The lowest BCUT2D eigenvalue weighted by atomic mass is 10.1. The summed E-state index contributed by atoms with van der Waals surface area (Å²) >= 11 is 0. The van der Waals surface area contributed by atoms with Crippen LogP contribution in [-0.4, -0.2) is 37.2 Å². The number of carbonyl (C=O) groups is 2. The molecule has 4 rings (SSSR count). The molecule has 0 bridgehead atoms. The maximum absolute atomic E-state index is 12.4. The zero-order chi connectivity index (χ0) is 16.7. The smallest absolute Gasteiger partial charge is 0.261 e. The third kappa shape index (κ3) is 2.19. The topological polar surface area (TPSA) is 65.1 Å². The van der Waals surface area contributed by atoms with E-state index in [2.05, 4.69) is 0 Å². The molecule has 0 radical (unpaired) electrons. The molecular formula is C18H15NO5. The van der Waals surface area contributed by atoms with Crippen LogP contribution in [0.2, 0.25) is 0 Å². The van der Waals surface area contributed by atoms with Gasteiger partial charge in [-0.1, -0.05) is 12.1 Å². The zero-order valence-corrected chi connectivity index (χ0v) is 13.1. The molecule has 0 aromatic heterocycles. The van der Waals surface area contributed by atoms with E-state index < -0.39 is 0 Å². The number of amides is 2. The van der Waals surface area contributed by atoms with Gasteiger partial charge in [0.25, 0.3) is 11.8 Å². The summed E-state index contributed by atoms with van der Waals surface area (Å²) in [7, 11) is 1.56. The summed E-state index contributed by atoms with van der Waals surface area (Å²) in [4.78, 5) is 26.0. The first-order valence-corrected chi connectivity index (χ1v) is 7.61. The monoisotopic (exact) mass is 325 g/mol. The fourth-order valence-electron chi connectivity index (χ4n) is 3.01. The molecule has 2 aliphatic rings. The number of carbonyl (C=O) groups excluding carboxylic acids is 2. The van der Waals surface area contributed by atoms with E-state index in [-0.39, 0.29) is 18.6 Å². The highest BCUT2D eigenvalue weighted by Gasteiger charge is 2.34. The summed E-state index contributed by atoms with van der Waals surface area (Å²) in [6.45, 7) is 0.461. The molecule has 2 aliphatic heterocycles. The lowest BCUT2D eigenvalue weighted by molar-refractivity contribution is 0.0656. The maximum Gasteiger partial charge on any atom is 0.261 e. The van der Waals surface area contributed by atoms with Gasteiger partial charge >= 0.3 is 0 Å². The fraction of sp³-hybridized carbons (Fsp3) is 0.222. The molecule has 6 heteroatoms. The Hall–Kier alpha value is -3.02. The highest BCUT2D eigenvalue weighted by molar-refractivity contribution is 6.21. The molecule has 24 heavy (non-hydrogen) atoms. The van der Waals surface area contributed by atoms with Crippen LogP contribution in [0.3, 0.4) is 0 Å². The summed E-state index contributed by atoms with van der Waals surface area (Å²) in [5.74, 6) is 1.29. The van der Waals surface area contributed by atoms with Crippen molar-refractivity contribution in [2.45, 2.75) is 6.42 Å². The van der Waals surface area contributed by atoms with Crippen LogP contribution >= 0.6 is 0 Å². The van der Waals surface area contributed by atoms with E-state index in [0.717, 1.165) is 5.56 Å². The summed E-state index contributed by atoms with van der Waals surface area (Å²) in [6, 6.07) is 10.6. The van der Waals surface area contributed by atoms with Gasteiger partial charge in [-0.05, 0) is 36.2 Å². The Bertz CT molecular complexity index is 810. The van der Waals surface area contributed by atoms with E-state index in [9.17, 15) is 9.59 Å². The van der Waals surface area contributed by atoms with Crippen LogP contribution in [-0.2, 0) is 6.42 Å². The van der Waals surface area contributed by atoms with Crippen LogP contribution in [0.1, 0.15) is 26.3 Å². The van der Waals surface area contributed by atoms with Gasteiger partial charge in [0.15, 0.2) is 11.5 Å². The van der Waals surface area contributed by atoms with Crippen LogP contribution in [0.15, 0.2) is 36.4 Å². The Morgan fingerprint density at radius 3 is 2.46 bits per heavy atom. The Morgan fingerprint density at radius 1 is 1.08 bits per heavy atom. The Labute approximate surface area is 138 Å². The molecule has 0 fully saturated rings. The van der Waals surface area contributed by atoms with Gasteiger partial charge < -0.3 is 14.2 Å². The lowest BCUT2D eigenvalue weighted by Gasteiger charge is -2.14. The second-order valence-corrected chi connectivity index (χ2v) is 5.59. The minimum atomic E-state index is -0.247. The van der Waals surface area contributed by atoms with Crippen molar-refractivity contribution < 1.29 is 23.8 Å². The SMILES string of the molecule is COc1cc(CCN2C(=O)c3ccccc3C2=O)cc2c1OCO2. The number of fused-ring (bicyclic) bond motifs is 2. The van der Waals surface area contributed by atoms with Crippen LogP contribution in [0.5, 0.6) is 17.2 Å². The van der Waals surface area contributed by atoms with E-state index in [1.54, 1.807) is 31.4 Å². The zero-order valence-electron chi connectivity index (χ0n) is 13.1.